The van der Waals surface area contributed by atoms with Crippen LogP contribution in [-0.4, -0.2) is 49.0 Å². The lowest BCUT2D eigenvalue weighted by Gasteiger charge is -2.18. The molecule has 0 bridgehead atoms. The number of Topliss-reactive ketones (excluding diaryl/α,β-unsaturated/α-hetero) is 1. The van der Waals surface area contributed by atoms with Crippen LogP contribution in [0.2, 0.25) is 0 Å². The van der Waals surface area contributed by atoms with Crippen LogP contribution in [-0.2, 0) is 25.6 Å². The van der Waals surface area contributed by atoms with Crippen molar-refractivity contribution in [3.63, 3.8) is 0 Å². The van der Waals surface area contributed by atoms with Crippen LogP contribution in [0.25, 0.3) is 165 Å². The Hall–Kier alpha value is -17.3. The summed E-state index contributed by atoms with van der Waals surface area (Å²) >= 11 is 0. The van der Waals surface area contributed by atoms with Gasteiger partial charge in [-0.1, -0.05) is 182 Å². The number of hydrogen-bond acceptors (Lipinski definition) is 24. The zero-order valence-electron chi connectivity index (χ0n) is 75.2. The molecule has 676 valence electrons. The third kappa shape index (κ3) is 17.6. The van der Waals surface area contributed by atoms with E-state index in [1.54, 1.807) is 52.0 Å². The SMILES string of the molecule is CCOC(=O)c1oc2ccc3c(C)cc(=O)oc3c2c1-c1ccccc1.COC(=O)c1oc2ccc3c(C)cc(=O)oc3c2c1-c1ccccc1.Cc1cc(=O)oc2c1ccc1oc(C(=O)C3CC3)c(-c3ccccc3)c12.Cc1cc(=O)oc2c1ccc1oc(C(=O)OC(C)(C)C)c(-c3ccccc3)c12.Cc1cc(=O)oc2c1ccc1oc(C(=O)OCc3ccccc3)c(-c3ccccc3)c12. The third-order valence-corrected chi connectivity index (χ3v) is 23.2. The Balaban J connectivity index is 0.000000113. The van der Waals surface area contributed by atoms with Crippen molar-refractivity contribution in [1.82, 2.24) is 0 Å². The number of esters is 4. The van der Waals surface area contributed by atoms with Gasteiger partial charge in [0.1, 0.15) is 68.0 Å². The van der Waals surface area contributed by atoms with Crippen molar-refractivity contribution in [3.8, 4) is 55.6 Å². The minimum Gasteiger partial charge on any atom is -0.463 e. The number of carbonyl (C=O) groups excluding carboxylic acids is 5. The molecular weight excluding hydrogens is 1730 g/mol. The molecule has 1 aliphatic rings. The summed E-state index contributed by atoms with van der Waals surface area (Å²) in [5.41, 5.74) is 13.5. The summed E-state index contributed by atoms with van der Waals surface area (Å²) in [5, 5.41) is 7.06. The van der Waals surface area contributed by atoms with Crippen LogP contribution < -0.4 is 28.1 Å². The second-order valence-corrected chi connectivity index (χ2v) is 33.6. The van der Waals surface area contributed by atoms with E-state index in [1.807, 2.05) is 253 Å². The molecule has 1 saturated carbocycles. The summed E-state index contributed by atoms with van der Waals surface area (Å²) in [6.07, 6.45) is 1.80. The summed E-state index contributed by atoms with van der Waals surface area (Å²) in [4.78, 5) is 123. The van der Waals surface area contributed by atoms with Crippen molar-refractivity contribution in [1.29, 1.82) is 0 Å². The molecule has 24 heteroatoms. The molecule has 22 rings (SSSR count). The molecule has 0 saturated heterocycles. The third-order valence-electron chi connectivity index (χ3n) is 23.2. The Morgan fingerprint density at radius 3 is 0.801 bits per heavy atom. The first kappa shape index (κ1) is 89.3. The van der Waals surface area contributed by atoms with Gasteiger partial charge in [0, 0.05) is 91.0 Å². The van der Waals surface area contributed by atoms with E-state index in [9.17, 15) is 47.9 Å². The maximum Gasteiger partial charge on any atom is 0.375 e. The minimum atomic E-state index is -0.671. The van der Waals surface area contributed by atoms with E-state index >= 15 is 0 Å². The van der Waals surface area contributed by atoms with Gasteiger partial charge in [0.25, 0.3) is 0 Å². The van der Waals surface area contributed by atoms with Gasteiger partial charge in [-0.05, 0) is 197 Å². The van der Waals surface area contributed by atoms with Crippen LogP contribution in [0.3, 0.4) is 0 Å². The fraction of sp³-hybridized carbons (Fsp3) is 0.143. The molecular formula is C112H84O24. The second-order valence-electron chi connectivity index (χ2n) is 33.6. The summed E-state index contributed by atoms with van der Waals surface area (Å²) < 4.78 is 78.2. The number of benzene rings is 11. The highest BCUT2D eigenvalue weighted by molar-refractivity contribution is 6.21. The first-order chi connectivity index (χ1) is 65.7. The smallest absolute Gasteiger partial charge is 0.375 e. The number of methoxy groups -OCH3 is 1. The average molecular weight is 1810 g/mol. The van der Waals surface area contributed by atoms with Crippen molar-refractivity contribution in [2.24, 2.45) is 5.92 Å². The Labute approximate surface area is 772 Å². The molecule has 10 aromatic heterocycles. The molecule has 24 nitrogen and oxygen atoms in total. The molecule has 0 N–H and O–H groups in total. The fourth-order valence-corrected chi connectivity index (χ4v) is 16.9. The minimum absolute atomic E-state index is 0.0307. The molecule has 1 fully saturated rings. The Morgan fingerprint density at radius 2 is 0.544 bits per heavy atom. The van der Waals surface area contributed by atoms with Gasteiger partial charge < -0.3 is 63.1 Å². The molecule has 136 heavy (non-hydrogen) atoms. The number of fused-ring (bicyclic) bond motifs is 15. The number of aryl methyl sites for hydroxylation is 5. The lowest BCUT2D eigenvalue weighted by Crippen LogP contribution is -2.23. The molecule has 0 atom stereocenters. The average Bonchev–Trinajstić information content (AvgIpc) is 1.77. The van der Waals surface area contributed by atoms with Gasteiger partial charge in [0.05, 0.1) is 40.6 Å². The topological polar surface area (TPSA) is 339 Å². The van der Waals surface area contributed by atoms with Crippen LogP contribution in [0, 0.1) is 40.5 Å². The zero-order valence-corrected chi connectivity index (χ0v) is 75.2. The van der Waals surface area contributed by atoms with Crippen molar-refractivity contribution in [2.75, 3.05) is 13.7 Å². The summed E-state index contributed by atoms with van der Waals surface area (Å²) in [6.45, 7) is 16.8. The van der Waals surface area contributed by atoms with Crippen molar-refractivity contribution in [3.05, 3.63) is 387 Å². The molecule has 0 amide bonds. The van der Waals surface area contributed by atoms with Gasteiger partial charge >= 0.3 is 52.0 Å². The standard InChI is InChI=1S/C26H18O5.C23H20O5.C22H16O4.C21H16O5.C20H14O5/c1-16-14-21(27)31-24-19(16)12-13-20-23(24)22(18-10-6-3-7-11-18)25(30-20)26(28)29-15-17-8-4-2-5-9-17;1-13-12-17(24)27-20-15(13)10-11-16-19(20)18(14-8-6-5-7-9-14)21(26-16)22(25)28-23(2,3)4;1-12-11-17(23)26-21-15(12)9-10-16-19(21)18(13-5-3-2-4-6-13)22(25-16)20(24)14-7-8-14;1-3-24-21(23)20-17(13-7-5-4-6-8-13)18-15(25-20)10-9-14-12(2)11-16(22)26-19(14)18;1-11-10-15(21)25-18-13(11)8-9-14-17(18)16(12-6-4-3-5-7-12)19(24-14)20(22)23-2/h2-14H,15H2,1H3;5-12H,1-4H3;2-6,9-11,14H,7-8H2,1H3;4-11H,3H2,1-2H3;3-10H,1-2H3. The monoisotopic (exact) mass is 1810 g/mol. The first-order valence-electron chi connectivity index (χ1n) is 43.7. The number of carbonyl (C=O) groups is 5. The van der Waals surface area contributed by atoms with Crippen molar-refractivity contribution >= 4 is 139 Å². The summed E-state index contributed by atoms with van der Waals surface area (Å²) in [6, 6.07) is 82.0. The maximum atomic E-state index is 13.0. The number of ketones is 1. The van der Waals surface area contributed by atoms with Gasteiger partial charge in [0.15, 0.2) is 5.76 Å². The van der Waals surface area contributed by atoms with Gasteiger partial charge in [0.2, 0.25) is 28.8 Å². The second kappa shape index (κ2) is 37.2. The van der Waals surface area contributed by atoms with E-state index < -0.39 is 57.6 Å². The van der Waals surface area contributed by atoms with E-state index in [1.165, 1.54) is 37.4 Å². The highest BCUT2D eigenvalue weighted by Gasteiger charge is 2.37. The van der Waals surface area contributed by atoms with E-state index in [4.69, 9.17) is 63.1 Å². The molecule has 21 aromatic rings. The van der Waals surface area contributed by atoms with Crippen molar-refractivity contribution < 1.29 is 87.1 Å². The number of rotatable bonds is 14. The summed E-state index contributed by atoms with van der Waals surface area (Å²) in [5.74, 6) is -1.49. The molecule has 0 aliphatic heterocycles. The van der Waals surface area contributed by atoms with Crippen LogP contribution in [0.1, 0.15) is 127 Å². The number of hydrogen-bond donors (Lipinski definition) is 0. The van der Waals surface area contributed by atoms with Gasteiger partial charge in [-0.2, -0.15) is 0 Å². The lowest BCUT2D eigenvalue weighted by atomic mass is 9.97. The van der Waals surface area contributed by atoms with Gasteiger partial charge in [-0.25, -0.2) is 43.2 Å². The predicted octanol–water partition coefficient (Wildman–Crippen LogP) is 25.4. The van der Waals surface area contributed by atoms with Crippen LogP contribution in [0.5, 0.6) is 0 Å². The Morgan fingerprint density at radius 1 is 0.301 bits per heavy atom. The molecule has 0 radical (unpaired) electrons. The van der Waals surface area contributed by atoms with Gasteiger partial charge in [-0.3, -0.25) is 4.79 Å². The normalized spacial score (nSPS) is 11.9. The highest BCUT2D eigenvalue weighted by Crippen LogP contribution is 2.48. The summed E-state index contributed by atoms with van der Waals surface area (Å²) in [7, 11) is 1.30. The zero-order chi connectivity index (χ0) is 95.1. The molecule has 1 aliphatic carbocycles. The van der Waals surface area contributed by atoms with E-state index in [0.29, 0.717) is 111 Å². The molecule has 10 heterocycles. The highest BCUT2D eigenvalue weighted by atomic mass is 16.6. The van der Waals surface area contributed by atoms with E-state index in [2.05, 4.69) is 0 Å². The quantitative estimate of drug-likeness (QED) is 0.0422. The molecule has 0 unspecified atom stereocenters. The number of ether oxygens (including phenoxy) is 4. The van der Waals surface area contributed by atoms with E-state index in [0.717, 1.165) is 107 Å². The van der Waals surface area contributed by atoms with Crippen LogP contribution in [0.4, 0.5) is 0 Å². The Kier molecular flexibility index (Phi) is 24.4. The largest absolute Gasteiger partial charge is 0.463 e. The van der Waals surface area contributed by atoms with Crippen LogP contribution in [0.15, 0.2) is 341 Å². The number of furan rings is 5. The van der Waals surface area contributed by atoms with E-state index in [-0.39, 0.29) is 48.0 Å². The predicted molar refractivity (Wildman–Crippen MR) is 517 cm³/mol. The van der Waals surface area contributed by atoms with Gasteiger partial charge in [-0.15, -0.1) is 0 Å². The van der Waals surface area contributed by atoms with Crippen molar-refractivity contribution in [2.45, 2.75) is 87.4 Å². The first-order valence-corrected chi connectivity index (χ1v) is 43.7. The van der Waals surface area contributed by atoms with Crippen LogP contribution >= 0.6 is 0 Å². The molecule has 0 spiro atoms. The fourth-order valence-electron chi connectivity index (χ4n) is 16.9. The Bertz CT molecular complexity index is 8620. The maximum absolute atomic E-state index is 13.0. The lowest BCUT2D eigenvalue weighted by molar-refractivity contribution is 0.00384. The molecule has 11 aromatic carbocycles.